The van der Waals surface area contributed by atoms with Crippen LogP contribution < -0.4 is 5.73 Å². The molecule has 1 aliphatic rings. The average Bonchev–Trinajstić information content (AvgIpc) is 2.59. The zero-order valence-electron chi connectivity index (χ0n) is 14.9. The third kappa shape index (κ3) is 6.22. The largest absolute Gasteiger partial charge is 0.382 e. The van der Waals surface area contributed by atoms with E-state index in [2.05, 4.69) is 0 Å². The minimum atomic E-state index is -0.361. The van der Waals surface area contributed by atoms with Crippen LogP contribution in [0.5, 0.6) is 0 Å². The van der Waals surface area contributed by atoms with Gasteiger partial charge in [-0.3, -0.25) is 4.79 Å². The summed E-state index contributed by atoms with van der Waals surface area (Å²) in [5, 5.41) is 0. The summed E-state index contributed by atoms with van der Waals surface area (Å²) in [5.74, 6) is 0.0444. The van der Waals surface area contributed by atoms with Gasteiger partial charge in [-0.25, -0.2) is 4.39 Å². The Morgan fingerprint density at radius 1 is 1.36 bits per heavy atom. The summed E-state index contributed by atoms with van der Waals surface area (Å²) in [6.45, 7) is 4.37. The Hall–Kier alpha value is -1.21. The number of nitrogens with zero attached hydrogens (tertiary/aromatic N) is 1. The molecule has 2 N–H and O–H groups in total. The van der Waals surface area contributed by atoms with Gasteiger partial charge >= 0.3 is 0 Å². The Bertz CT molecular complexity index is 549. The van der Waals surface area contributed by atoms with Crippen LogP contribution in [0.2, 0.25) is 0 Å². The number of hydrogen-bond acceptors (Lipinski definition) is 4. The second-order valence-electron chi connectivity index (χ2n) is 6.34. The molecule has 1 unspecified atom stereocenters. The van der Waals surface area contributed by atoms with Gasteiger partial charge in [0.15, 0.2) is 0 Å². The van der Waals surface area contributed by atoms with Gasteiger partial charge in [-0.05, 0) is 43.9 Å². The van der Waals surface area contributed by atoms with Crippen LogP contribution in [-0.2, 0) is 16.1 Å². The summed E-state index contributed by atoms with van der Waals surface area (Å²) < 4.78 is 24.1. The molecule has 1 aliphatic heterocycles. The molecule has 1 atom stereocenters. The number of rotatable bonds is 7. The van der Waals surface area contributed by atoms with Crippen molar-refractivity contribution < 1.29 is 18.7 Å². The van der Waals surface area contributed by atoms with Crippen LogP contribution in [0.15, 0.2) is 18.2 Å². The van der Waals surface area contributed by atoms with Gasteiger partial charge in [-0.1, -0.05) is 0 Å². The highest BCUT2D eigenvalue weighted by molar-refractivity contribution is 5.94. The van der Waals surface area contributed by atoms with Gasteiger partial charge < -0.3 is 20.1 Å². The van der Waals surface area contributed by atoms with Gasteiger partial charge in [0.2, 0.25) is 0 Å². The summed E-state index contributed by atoms with van der Waals surface area (Å²) in [7, 11) is 1.58. The van der Waals surface area contributed by atoms with E-state index in [1.54, 1.807) is 13.2 Å². The maximum absolute atomic E-state index is 13.9. The second-order valence-corrected chi connectivity index (χ2v) is 6.34. The van der Waals surface area contributed by atoms with Crippen molar-refractivity contribution >= 4 is 18.3 Å². The number of likely N-dealkylation sites (tertiary alicyclic amines) is 1. The lowest BCUT2D eigenvalue weighted by Gasteiger charge is -2.33. The first-order valence-electron chi connectivity index (χ1n) is 8.43. The minimum absolute atomic E-state index is 0. The number of nitrogens with two attached hydrogens (primary N) is 1. The molecule has 7 heteroatoms. The lowest BCUT2D eigenvalue weighted by molar-refractivity contribution is 0.0601. The van der Waals surface area contributed by atoms with Crippen molar-refractivity contribution in [3.63, 3.8) is 0 Å². The summed E-state index contributed by atoms with van der Waals surface area (Å²) in [5.41, 5.74) is 6.83. The van der Waals surface area contributed by atoms with Gasteiger partial charge in [0.05, 0.1) is 19.8 Å². The van der Waals surface area contributed by atoms with Gasteiger partial charge in [0, 0.05) is 37.4 Å². The molecular weight excluding hydrogens is 347 g/mol. The summed E-state index contributed by atoms with van der Waals surface area (Å²) in [6, 6.07) is 4.61. The smallest absolute Gasteiger partial charge is 0.253 e. The summed E-state index contributed by atoms with van der Waals surface area (Å²) >= 11 is 0. The van der Waals surface area contributed by atoms with E-state index in [1.807, 2.05) is 11.8 Å². The molecule has 25 heavy (non-hydrogen) atoms. The topological polar surface area (TPSA) is 64.8 Å². The van der Waals surface area contributed by atoms with Crippen molar-refractivity contribution in [3.8, 4) is 0 Å². The van der Waals surface area contributed by atoms with Crippen LogP contribution in [0, 0.1) is 11.7 Å². The predicted molar refractivity (Wildman–Crippen MR) is 97.5 cm³/mol. The van der Waals surface area contributed by atoms with Crippen LogP contribution in [0.1, 0.15) is 35.7 Å². The van der Waals surface area contributed by atoms with Crippen molar-refractivity contribution in [2.45, 2.75) is 32.4 Å². The molecule has 2 rings (SSSR count). The van der Waals surface area contributed by atoms with E-state index in [-0.39, 0.29) is 36.8 Å². The van der Waals surface area contributed by atoms with E-state index in [9.17, 15) is 9.18 Å². The molecule has 0 aliphatic carbocycles. The molecule has 1 aromatic carbocycles. The fraction of sp³-hybridized carbons (Fsp3) is 0.611. The van der Waals surface area contributed by atoms with E-state index in [0.29, 0.717) is 43.3 Å². The molecule has 0 spiro atoms. The molecule has 5 nitrogen and oxygen atoms in total. The van der Waals surface area contributed by atoms with E-state index in [1.165, 1.54) is 12.1 Å². The average molecular weight is 375 g/mol. The van der Waals surface area contributed by atoms with Crippen molar-refractivity contribution in [1.82, 2.24) is 4.90 Å². The van der Waals surface area contributed by atoms with Crippen molar-refractivity contribution in [2.24, 2.45) is 11.7 Å². The monoisotopic (exact) mass is 374 g/mol. The third-order valence-electron chi connectivity index (χ3n) is 4.55. The number of benzene rings is 1. The number of halogens is 2. The van der Waals surface area contributed by atoms with E-state index in [4.69, 9.17) is 15.2 Å². The van der Waals surface area contributed by atoms with Crippen LogP contribution >= 0.6 is 12.4 Å². The van der Waals surface area contributed by atoms with Gasteiger partial charge in [0.1, 0.15) is 5.82 Å². The zero-order chi connectivity index (χ0) is 17.5. The molecule has 142 valence electrons. The Kier molecular flexibility index (Phi) is 9.35. The number of carbonyl (C=O) groups is 1. The maximum Gasteiger partial charge on any atom is 0.253 e. The normalized spacial score (nSPS) is 16.4. The lowest BCUT2D eigenvalue weighted by Crippen LogP contribution is -2.42. The van der Waals surface area contributed by atoms with Gasteiger partial charge in [-0.2, -0.15) is 0 Å². The highest BCUT2D eigenvalue weighted by Crippen LogP contribution is 2.22. The van der Waals surface area contributed by atoms with Gasteiger partial charge in [-0.15, -0.1) is 12.4 Å². The van der Waals surface area contributed by atoms with Crippen molar-refractivity contribution in [3.05, 3.63) is 35.1 Å². The first kappa shape index (κ1) is 21.8. The first-order valence-corrected chi connectivity index (χ1v) is 8.43. The first-order chi connectivity index (χ1) is 11.5. The van der Waals surface area contributed by atoms with Crippen molar-refractivity contribution in [2.75, 3.05) is 33.4 Å². The van der Waals surface area contributed by atoms with Crippen LogP contribution in [0.3, 0.4) is 0 Å². The Morgan fingerprint density at radius 2 is 2.04 bits per heavy atom. The standard InChI is InChI=1S/C18H27FN2O3.ClH/c1-13(20)14-5-7-21(8-6-14)18(22)15-3-4-17(19)16(11-15)12-24-10-9-23-2;/h3-4,11,13-14H,5-10,12,20H2,1-2H3;1H. The quantitative estimate of drug-likeness (QED) is 0.745. The zero-order valence-corrected chi connectivity index (χ0v) is 15.7. The minimum Gasteiger partial charge on any atom is -0.382 e. The number of amides is 1. The molecule has 0 aromatic heterocycles. The van der Waals surface area contributed by atoms with Crippen molar-refractivity contribution in [1.29, 1.82) is 0 Å². The molecule has 1 saturated heterocycles. The number of carbonyl (C=O) groups excluding carboxylic acids is 1. The van der Waals surface area contributed by atoms with E-state index >= 15 is 0 Å². The van der Waals surface area contributed by atoms with Crippen LogP contribution in [-0.4, -0.2) is 50.3 Å². The van der Waals surface area contributed by atoms with E-state index in [0.717, 1.165) is 12.8 Å². The Labute approximate surface area is 155 Å². The number of methoxy groups -OCH3 is 1. The number of piperidine rings is 1. The summed E-state index contributed by atoms with van der Waals surface area (Å²) in [6.07, 6.45) is 1.83. The predicted octanol–water partition coefficient (Wildman–Crippen LogP) is 2.61. The van der Waals surface area contributed by atoms with Gasteiger partial charge in [0.25, 0.3) is 5.91 Å². The molecule has 1 aromatic rings. The molecule has 1 fully saturated rings. The van der Waals surface area contributed by atoms with Crippen LogP contribution in [0.25, 0.3) is 0 Å². The maximum atomic E-state index is 13.9. The molecule has 1 heterocycles. The highest BCUT2D eigenvalue weighted by atomic mass is 35.5. The lowest BCUT2D eigenvalue weighted by atomic mass is 9.90. The molecular formula is C18H28ClFN2O3. The second kappa shape index (κ2) is 10.7. The number of ether oxygens (including phenoxy) is 2. The Balaban J connectivity index is 0.00000312. The Morgan fingerprint density at radius 3 is 2.64 bits per heavy atom. The third-order valence-corrected chi connectivity index (χ3v) is 4.55. The number of hydrogen-bond donors (Lipinski definition) is 1. The fourth-order valence-corrected chi connectivity index (χ4v) is 2.95. The van der Waals surface area contributed by atoms with E-state index < -0.39 is 0 Å². The molecule has 0 saturated carbocycles. The molecule has 0 bridgehead atoms. The van der Waals surface area contributed by atoms with Crippen LogP contribution in [0.4, 0.5) is 4.39 Å². The fourth-order valence-electron chi connectivity index (χ4n) is 2.95. The highest BCUT2D eigenvalue weighted by Gasteiger charge is 2.25. The molecule has 0 radical (unpaired) electrons. The SMILES string of the molecule is COCCOCc1cc(C(=O)N2CCC(C(C)N)CC2)ccc1F.Cl. The molecule has 1 amide bonds. The summed E-state index contributed by atoms with van der Waals surface area (Å²) in [4.78, 5) is 14.4.